The van der Waals surface area contributed by atoms with Crippen LogP contribution in [-0.2, 0) is 39.9 Å². The Balaban J connectivity index is 1.49. The Kier molecular flexibility index (Phi) is 13.0. The summed E-state index contributed by atoms with van der Waals surface area (Å²) in [6.45, 7) is 8.35. The van der Waals surface area contributed by atoms with Gasteiger partial charge in [0.25, 0.3) is 0 Å². The summed E-state index contributed by atoms with van der Waals surface area (Å²) in [5.41, 5.74) is 1.34. The van der Waals surface area contributed by atoms with Crippen LogP contribution in [0.4, 0.5) is 19.3 Å². The molecule has 2 aromatic carbocycles. The van der Waals surface area contributed by atoms with Crippen LogP contribution in [0, 0.1) is 24.5 Å². The second kappa shape index (κ2) is 17.5. The van der Waals surface area contributed by atoms with Crippen LogP contribution < -0.4 is 21.3 Å². The van der Waals surface area contributed by atoms with E-state index in [9.17, 15) is 42.3 Å². The van der Waals surface area contributed by atoms with Crippen LogP contribution in [0.5, 0.6) is 0 Å². The molecule has 0 spiro atoms. The van der Waals surface area contributed by atoms with Crippen molar-refractivity contribution < 1.29 is 47.1 Å². The average molecular weight is 782 g/mol. The van der Waals surface area contributed by atoms with Gasteiger partial charge in [-0.05, 0) is 82.7 Å². The lowest BCUT2D eigenvalue weighted by molar-refractivity contribution is -0.162. The van der Waals surface area contributed by atoms with E-state index in [0.717, 1.165) is 17.7 Å². The lowest BCUT2D eigenvalue weighted by Crippen LogP contribution is -2.62. The fourth-order valence-electron chi connectivity index (χ4n) is 7.32. The Morgan fingerprint density at radius 3 is 2.23 bits per heavy atom. The smallest absolute Gasteiger partial charge is 0.329 e. The van der Waals surface area contributed by atoms with E-state index in [2.05, 4.69) is 21.3 Å². The highest BCUT2D eigenvalue weighted by molar-refractivity contribution is 5.98. The largest absolute Gasteiger partial charge is 0.458 e. The van der Waals surface area contributed by atoms with Gasteiger partial charge in [-0.15, -0.1) is 0 Å². The van der Waals surface area contributed by atoms with E-state index in [4.69, 9.17) is 4.74 Å². The molecule has 0 aromatic heterocycles. The van der Waals surface area contributed by atoms with Crippen LogP contribution in [0.15, 0.2) is 42.5 Å². The van der Waals surface area contributed by atoms with Crippen molar-refractivity contribution in [3.8, 4) is 0 Å². The van der Waals surface area contributed by atoms with Gasteiger partial charge in [0.2, 0.25) is 29.5 Å². The van der Waals surface area contributed by atoms with E-state index in [1.807, 2.05) is 13.8 Å². The van der Waals surface area contributed by atoms with Crippen LogP contribution in [0.3, 0.4) is 0 Å². The standard InChI is InChI=1S/C39H49F2N7O8/c1-20-9-11-28(12-10-20)43-39(55)44-29(17-25-15-26(40)18-27(41)16-25)34(50)45-32-24(5)56-38(54)31-14-21(2)19-48(31)35(51)22(3)42-33(49)23(4)46(6)36(52)30-8-7-13-47(30)37(32)53/h9-12,15-16,18,21-24,29-32H,7-8,13-14,17,19H2,1-6H3,(H,42,49)(H,45,50)(H2,43,44,55)/t21-,22?,23-,24-,29-,30?,31?,32-/m0/s1. The second-order valence-electron chi connectivity index (χ2n) is 15.0. The molecule has 0 bridgehead atoms. The van der Waals surface area contributed by atoms with Gasteiger partial charge in [-0.1, -0.05) is 24.6 Å². The summed E-state index contributed by atoms with van der Waals surface area (Å²) in [6.07, 6.45) is -0.923. The van der Waals surface area contributed by atoms with Gasteiger partial charge in [0.1, 0.15) is 54.0 Å². The van der Waals surface area contributed by atoms with E-state index < -0.39 is 102 Å². The number of fused-ring (bicyclic) bond motifs is 2. The molecule has 3 saturated heterocycles. The highest BCUT2D eigenvalue weighted by Gasteiger charge is 2.46. The van der Waals surface area contributed by atoms with Crippen molar-refractivity contribution in [2.24, 2.45) is 5.92 Å². The van der Waals surface area contributed by atoms with E-state index in [1.165, 1.54) is 42.5 Å². The third-order valence-electron chi connectivity index (χ3n) is 10.6. The van der Waals surface area contributed by atoms with Crippen LogP contribution >= 0.6 is 0 Å². The molecule has 0 aliphatic carbocycles. The van der Waals surface area contributed by atoms with Crippen molar-refractivity contribution in [3.63, 3.8) is 0 Å². The lowest BCUT2D eigenvalue weighted by atomic mass is 10.0. The van der Waals surface area contributed by atoms with Crippen LogP contribution in [0.25, 0.3) is 0 Å². The quantitative estimate of drug-likeness (QED) is 0.321. The maximum atomic E-state index is 14.5. The first-order valence-corrected chi connectivity index (χ1v) is 18.7. The zero-order valence-corrected chi connectivity index (χ0v) is 32.3. The molecule has 17 heteroatoms. The van der Waals surface area contributed by atoms with Crippen molar-refractivity contribution in [2.75, 3.05) is 25.5 Å². The van der Waals surface area contributed by atoms with E-state index in [1.54, 1.807) is 24.3 Å². The summed E-state index contributed by atoms with van der Waals surface area (Å²) in [5.74, 6) is -6.26. The zero-order chi connectivity index (χ0) is 41.0. The Morgan fingerprint density at radius 1 is 0.911 bits per heavy atom. The first-order chi connectivity index (χ1) is 26.4. The number of amides is 7. The third-order valence-corrected chi connectivity index (χ3v) is 10.6. The average Bonchev–Trinajstić information content (AvgIpc) is 3.79. The number of urea groups is 1. The zero-order valence-electron chi connectivity index (χ0n) is 32.3. The molecule has 3 aliphatic rings. The van der Waals surface area contributed by atoms with Crippen molar-refractivity contribution in [1.82, 2.24) is 30.7 Å². The number of esters is 1. The summed E-state index contributed by atoms with van der Waals surface area (Å²) in [7, 11) is 1.41. The maximum Gasteiger partial charge on any atom is 0.329 e. The van der Waals surface area contributed by atoms with Crippen molar-refractivity contribution in [2.45, 2.75) is 103 Å². The number of anilines is 1. The molecule has 3 fully saturated rings. The number of cyclic esters (lactones) is 1. The molecule has 0 saturated carbocycles. The Bertz CT molecular complexity index is 1840. The lowest BCUT2D eigenvalue weighted by Gasteiger charge is -2.36. The normalized spacial score (nSPS) is 26.9. The molecule has 4 N–H and O–H groups in total. The van der Waals surface area contributed by atoms with Crippen LogP contribution in [0.2, 0.25) is 0 Å². The van der Waals surface area contributed by atoms with Gasteiger partial charge in [-0.3, -0.25) is 24.0 Å². The molecule has 3 heterocycles. The van der Waals surface area contributed by atoms with Crippen molar-refractivity contribution in [1.29, 1.82) is 0 Å². The number of hydrogen-bond acceptors (Lipinski definition) is 8. The number of halogens is 2. The third kappa shape index (κ3) is 9.60. The molecule has 3 aliphatic heterocycles. The summed E-state index contributed by atoms with van der Waals surface area (Å²) in [4.78, 5) is 100. The van der Waals surface area contributed by atoms with Gasteiger partial charge in [-0.2, -0.15) is 0 Å². The topological polar surface area (TPSA) is 187 Å². The maximum absolute atomic E-state index is 14.5. The summed E-state index contributed by atoms with van der Waals surface area (Å²) >= 11 is 0. The van der Waals surface area contributed by atoms with Gasteiger partial charge in [0.05, 0.1) is 0 Å². The predicted molar refractivity (Wildman–Crippen MR) is 199 cm³/mol. The molecule has 5 rings (SSSR count). The summed E-state index contributed by atoms with van der Waals surface area (Å²) in [6, 6.07) is 1.25. The Labute approximate surface area is 323 Å². The second-order valence-corrected chi connectivity index (χ2v) is 15.0. The van der Waals surface area contributed by atoms with Crippen LogP contribution in [-0.4, -0.2) is 119 Å². The van der Waals surface area contributed by atoms with E-state index in [-0.39, 0.29) is 37.4 Å². The number of likely N-dealkylation sites (N-methyl/N-ethyl adjacent to an activating group) is 1. The van der Waals surface area contributed by atoms with Crippen molar-refractivity contribution >= 4 is 47.2 Å². The minimum atomic E-state index is -1.63. The fourth-order valence-corrected chi connectivity index (χ4v) is 7.32. The highest BCUT2D eigenvalue weighted by atomic mass is 19.1. The number of benzene rings is 2. The number of nitrogens with zero attached hydrogens (tertiary/aromatic N) is 3. The summed E-state index contributed by atoms with van der Waals surface area (Å²) in [5, 5.41) is 10.4. The number of carbonyl (C=O) groups excluding carboxylic acids is 7. The molecule has 15 nitrogen and oxygen atoms in total. The molecule has 56 heavy (non-hydrogen) atoms. The molecule has 2 aromatic rings. The highest BCUT2D eigenvalue weighted by Crippen LogP contribution is 2.27. The van der Waals surface area contributed by atoms with Gasteiger partial charge in [0, 0.05) is 38.3 Å². The number of ether oxygens (including phenoxy) is 1. The monoisotopic (exact) mass is 781 g/mol. The predicted octanol–water partition coefficient (Wildman–Crippen LogP) is 2.02. The molecular formula is C39H49F2N7O8. The molecule has 302 valence electrons. The van der Waals surface area contributed by atoms with Crippen LogP contribution in [0.1, 0.15) is 58.1 Å². The van der Waals surface area contributed by atoms with Gasteiger partial charge in [-0.25, -0.2) is 18.4 Å². The minimum absolute atomic E-state index is 0.0165. The fraction of sp³-hybridized carbons (Fsp3) is 0.513. The molecular weight excluding hydrogens is 732 g/mol. The molecule has 3 unspecified atom stereocenters. The first kappa shape index (κ1) is 41.6. The first-order valence-electron chi connectivity index (χ1n) is 18.7. The Hall–Kier alpha value is -5.61. The van der Waals surface area contributed by atoms with E-state index >= 15 is 0 Å². The number of aryl methyl sites for hydroxylation is 1. The van der Waals surface area contributed by atoms with Gasteiger partial charge in [0.15, 0.2) is 0 Å². The summed E-state index contributed by atoms with van der Waals surface area (Å²) < 4.78 is 34.4. The minimum Gasteiger partial charge on any atom is -0.458 e. The molecule has 0 radical (unpaired) electrons. The molecule has 7 amide bonds. The molecule has 8 atom stereocenters. The SMILES string of the molecule is Cc1ccc(NC(=O)N[C@@H](Cc2cc(F)cc(F)c2)C(=O)N[C@@H]2C(=O)N3CCCC3C(=O)N(C)[C@@H](C)C(=O)NC(C)C(=O)N3C[C@@H](C)CC3C(=O)O[C@H]2C)cc1. The van der Waals surface area contributed by atoms with Gasteiger partial charge >= 0.3 is 12.0 Å². The van der Waals surface area contributed by atoms with Crippen molar-refractivity contribution in [3.05, 3.63) is 65.2 Å². The number of hydrogen-bond donors (Lipinski definition) is 4. The Morgan fingerprint density at radius 2 is 1.57 bits per heavy atom. The number of nitrogens with one attached hydrogen (secondary N) is 4. The van der Waals surface area contributed by atoms with Gasteiger partial charge < -0.3 is 40.7 Å². The van der Waals surface area contributed by atoms with E-state index in [0.29, 0.717) is 18.2 Å². The number of carbonyl (C=O) groups is 7. The number of rotatable bonds is 6.